The SMILES string of the molecule is CC1(C)c2ccccc2-c2cc(N(c3ccc(-c4ccc5c(ccc6ccc7ccccc7c65)c4)cc3)c3ccccc3-c3ccc4ccccc4c3)ccc21. The van der Waals surface area contributed by atoms with Gasteiger partial charge in [0.1, 0.15) is 0 Å². The molecule has 0 saturated carbocycles. The van der Waals surface area contributed by atoms with E-state index >= 15 is 0 Å². The van der Waals surface area contributed by atoms with Crippen molar-refractivity contribution in [2.45, 2.75) is 19.3 Å². The second-order valence-electron chi connectivity index (χ2n) is 15.7. The van der Waals surface area contributed by atoms with Crippen LogP contribution < -0.4 is 4.90 Å². The molecule has 0 N–H and O–H groups in total. The first-order valence-electron chi connectivity index (χ1n) is 19.6. The molecule has 0 bridgehead atoms. The molecule has 0 spiro atoms. The van der Waals surface area contributed by atoms with Crippen LogP contribution in [0.5, 0.6) is 0 Å². The summed E-state index contributed by atoms with van der Waals surface area (Å²) in [7, 11) is 0. The summed E-state index contributed by atoms with van der Waals surface area (Å²) in [4.78, 5) is 2.44. The Bertz CT molecular complexity index is 3170. The van der Waals surface area contributed by atoms with Crippen molar-refractivity contribution in [1.29, 1.82) is 0 Å². The Morgan fingerprint density at radius 2 is 0.911 bits per heavy atom. The number of hydrogen-bond donors (Lipinski definition) is 0. The van der Waals surface area contributed by atoms with Gasteiger partial charge in [-0.1, -0.05) is 172 Å². The summed E-state index contributed by atoms with van der Waals surface area (Å²) in [5.41, 5.74) is 13.5. The highest BCUT2D eigenvalue weighted by Crippen LogP contribution is 2.51. The van der Waals surface area contributed by atoms with Gasteiger partial charge in [-0.2, -0.15) is 0 Å². The summed E-state index contributed by atoms with van der Waals surface area (Å²) >= 11 is 0. The van der Waals surface area contributed by atoms with Gasteiger partial charge in [-0.25, -0.2) is 0 Å². The molecule has 0 heterocycles. The first-order chi connectivity index (χ1) is 27.5. The van der Waals surface area contributed by atoms with Crippen molar-refractivity contribution >= 4 is 60.2 Å². The number of para-hydroxylation sites is 1. The quantitative estimate of drug-likeness (QED) is 0.161. The van der Waals surface area contributed by atoms with Crippen molar-refractivity contribution in [3.63, 3.8) is 0 Å². The fourth-order valence-electron chi connectivity index (χ4n) is 9.36. The molecule has 10 aromatic carbocycles. The van der Waals surface area contributed by atoms with Crippen molar-refractivity contribution in [3.8, 4) is 33.4 Å². The number of benzene rings is 10. The van der Waals surface area contributed by atoms with Gasteiger partial charge in [-0.3, -0.25) is 0 Å². The van der Waals surface area contributed by atoms with Gasteiger partial charge in [-0.15, -0.1) is 0 Å². The summed E-state index contributed by atoms with van der Waals surface area (Å²) in [5, 5.41) is 10.2. The minimum atomic E-state index is -0.0564. The fourth-order valence-corrected chi connectivity index (χ4v) is 9.36. The topological polar surface area (TPSA) is 3.24 Å². The lowest BCUT2D eigenvalue weighted by Crippen LogP contribution is -2.15. The molecule has 0 amide bonds. The number of rotatable bonds is 5. The maximum atomic E-state index is 2.44. The molecule has 1 aliphatic rings. The maximum absolute atomic E-state index is 2.44. The molecule has 0 aliphatic heterocycles. The molecule has 1 nitrogen and oxygen atoms in total. The zero-order chi connectivity index (χ0) is 37.4. The molecule has 0 aromatic heterocycles. The van der Waals surface area contributed by atoms with E-state index in [4.69, 9.17) is 0 Å². The van der Waals surface area contributed by atoms with Crippen LogP contribution in [0.4, 0.5) is 17.1 Å². The van der Waals surface area contributed by atoms with Gasteiger partial charge in [0.15, 0.2) is 0 Å². The van der Waals surface area contributed by atoms with E-state index in [-0.39, 0.29) is 5.41 Å². The van der Waals surface area contributed by atoms with Crippen LogP contribution in [-0.2, 0) is 5.41 Å². The van der Waals surface area contributed by atoms with E-state index in [1.807, 2.05) is 0 Å². The standard InChI is InChI=1S/C55H39N/c1-55(2)51-17-9-7-16-49(51)50-35-45(30-32-52(50)55)56(53-18-10-8-14-46(53)42-23-19-36-11-3-4-13-40(36)33-42)44-28-25-37(26-29-44)41-27-31-48-43(34-41)24-22-39-21-20-38-12-5-6-15-47(38)54(39)48/h3-35H,1-2H3. The Kier molecular flexibility index (Phi) is 7.28. The zero-order valence-electron chi connectivity index (χ0n) is 31.5. The molecule has 11 rings (SSSR count). The van der Waals surface area contributed by atoms with E-state index in [1.54, 1.807) is 0 Å². The molecule has 0 unspecified atom stereocenters. The van der Waals surface area contributed by atoms with Gasteiger partial charge in [-0.05, 0) is 124 Å². The van der Waals surface area contributed by atoms with Gasteiger partial charge in [0.05, 0.1) is 5.69 Å². The Balaban J connectivity index is 1.05. The fraction of sp³-hybridized carbons (Fsp3) is 0.0545. The lowest BCUT2D eigenvalue weighted by atomic mass is 9.82. The molecule has 0 radical (unpaired) electrons. The molecule has 56 heavy (non-hydrogen) atoms. The highest BCUT2D eigenvalue weighted by molar-refractivity contribution is 6.20. The van der Waals surface area contributed by atoms with E-state index in [0.29, 0.717) is 0 Å². The second-order valence-corrected chi connectivity index (χ2v) is 15.7. The van der Waals surface area contributed by atoms with Crippen molar-refractivity contribution < 1.29 is 0 Å². The van der Waals surface area contributed by atoms with Gasteiger partial charge in [0.25, 0.3) is 0 Å². The molecule has 264 valence electrons. The predicted molar refractivity (Wildman–Crippen MR) is 240 cm³/mol. The van der Waals surface area contributed by atoms with E-state index in [2.05, 4.69) is 219 Å². The normalized spacial score (nSPS) is 13.0. The number of hydrogen-bond acceptors (Lipinski definition) is 1. The van der Waals surface area contributed by atoms with Crippen molar-refractivity contribution in [2.24, 2.45) is 0 Å². The molecule has 1 heteroatoms. The third kappa shape index (κ3) is 5.08. The summed E-state index contributed by atoms with van der Waals surface area (Å²) in [6, 6.07) is 74.0. The smallest absolute Gasteiger partial charge is 0.0540 e. The lowest BCUT2D eigenvalue weighted by Gasteiger charge is -2.29. The second kappa shape index (κ2) is 12.5. The highest BCUT2D eigenvalue weighted by Gasteiger charge is 2.35. The number of fused-ring (bicyclic) bond motifs is 9. The van der Waals surface area contributed by atoms with Crippen LogP contribution in [0.15, 0.2) is 200 Å². The molecule has 0 saturated heterocycles. The van der Waals surface area contributed by atoms with Gasteiger partial charge >= 0.3 is 0 Å². The van der Waals surface area contributed by atoms with Crippen LogP contribution in [0, 0.1) is 0 Å². The minimum absolute atomic E-state index is 0.0564. The van der Waals surface area contributed by atoms with Gasteiger partial charge < -0.3 is 4.90 Å². The van der Waals surface area contributed by atoms with E-state index in [9.17, 15) is 0 Å². The van der Waals surface area contributed by atoms with E-state index in [1.165, 1.54) is 87.6 Å². The third-order valence-corrected chi connectivity index (χ3v) is 12.2. The molecular formula is C55H39N. The van der Waals surface area contributed by atoms with Crippen LogP contribution in [0.3, 0.4) is 0 Å². The average Bonchev–Trinajstić information content (AvgIpc) is 3.48. The van der Waals surface area contributed by atoms with E-state index in [0.717, 1.165) is 17.1 Å². The Hall–Kier alpha value is -6.96. The summed E-state index contributed by atoms with van der Waals surface area (Å²) in [6.07, 6.45) is 0. The van der Waals surface area contributed by atoms with Crippen LogP contribution in [0.25, 0.3) is 76.5 Å². The molecular weight excluding hydrogens is 675 g/mol. The number of nitrogens with zero attached hydrogens (tertiary/aromatic N) is 1. The molecule has 1 aliphatic carbocycles. The first kappa shape index (κ1) is 32.5. The molecule has 0 atom stereocenters. The van der Waals surface area contributed by atoms with Crippen molar-refractivity contribution in [2.75, 3.05) is 4.90 Å². The monoisotopic (exact) mass is 713 g/mol. The Morgan fingerprint density at radius 1 is 0.339 bits per heavy atom. The van der Waals surface area contributed by atoms with Crippen LogP contribution in [0.2, 0.25) is 0 Å². The van der Waals surface area contributed by atoms with Gasteiger partial charge in [0.2, 0.25) is 0 Å². The lowest BCUT2D eigenvalue weighted by molar-refractivity contribution is 0.660. The predicted octanol–water partition coefficient (Wildman–Crippen LogP) is 15.4. The largest absolute Gasteiger partial charge is 0.310 e. The van der Waals surface area contributed by atoms with Crippen molar-refractivity contribution in [3.05, 3.63) is 211 Å². The average molecular weight is 714 g/mol. The summed E-state index contributed by atoms with van der Waals surface area (Å²) in [5.74, 6) is 0. The van der Waals surface area contributed by atoms with Crippen LogP contribution in [0.1, 0.15) is 25.0 Å². The number of anilines is 3. The Labute approximate surface area is 327 Å². The summed E-state index contributed by atoms with van der Waals surface area (Å²) < 4.78 is 0. The zero-order valence-corrected chi connectivity index (χ0v) is 31.5. The first-order valence-corrected chi connectivity index (χ1v) is 19.6. The van der Waals surface area contributed by atoms with Crippen molar-refractivity contribution in [1.82, 2.24) is 0 Å². The minimum Gasteiger partial charge on any atom is -0.310 e. The molecule has 0 fully saturated rings. The summed E-state index contributed by atoms with van der Waals surface area (Å²) in [6.45, 7) is 4.70. The maximum Gasteiger partial charge on any atom is 0.0540 e. The third-order valence-electron chi connectivity index (χ3n) is 12.2. The Morgan fingerprint density at radius 3 is 1.77 bits per heavy atom. The van der Waals surface area contributed by atoms with Crippen LogP contribution in [-0.4, -0.2) is 0 Å². The highest BCUT2D eigenvalue weighted by atomic mass is 15.1. The molecule has 10 aromatic rings. The van der Waals surface area contributed by atoms with E-state index < -0.39 is 0 Å². The van der Waals surface area contributed by atoms with Crippen LogP contribution >= 0.6 is 0 Å². The van der Waals surface area contributed by atoms with Gasteiger partial charge in [0, 0.05) is 22.4 Å².